The summed E-state index contributed by atoms with van der Waals surface area (Å²) in [4.78, 5) is 0. The second-order valence-corrected chi connectivity index (χ2v) is 2.57. The topological polar surface area (TPSA) is 9.23 Å². The van der Waals surface area contributed by atoms with E-state index < -0.39 is 0 Å². The van der Waals surface area contributed by atoms with Crippen LogP contribution in [0.1, 0.15) is 20.3 Å². The van der Waals surface area contributed by atoms with Gasteiger partial charge in [-0.2, -0.15) is 0 Å². The highest BCUT2D eigenvalue weighted by Gasteiger charge is 1.98. The predicted octanol–water partition coefficient (Wildman–Crippen LogP) is 2.66. The second-order valence-electron chi connectivity index (χ2n) is 2.57. The zero-order chi connectivity index (χ0) is 8.10. The fraction of sp³-hybridized carbons (Fsp3) is 0.400. The average Bonchev–Trinajstić information content (AvgIpc) is 2.06. The standard InChI is InChI=1S/C10H13O/c1-3-9(2)11-10-7-5-4-6-8-10/h5-9H,3H2,1-2H3/t9-/m0/s1. The summed E-state index contributed by atoms with van der Waals surface area (Å²) in [6.45, 7) is 4.18. The third-order valence-corrected chi connectivity index (χ3v) is 1.60. The third kappa shape index (κ3) is 2.62. The molecular weight excluding hydrogens is 136 g/mol. The van der Waals surface area contributed by atoms with E-state index >= 15 is 0 Å². The Morgan fingerprint density at radius 1 is 1.45 bits per heavy atom. The fourth-order valence-electron chi connectivity index (χ4n) is 0.766. The molecule has 0 aliphatic carbocycles. The first-order valence-electron chi connectivity index (χ1n) is 3.95. The maximum Gasteiger partial charge on any atom is 0.119 e. The first kappa shape index (κ1) is 8.12. The van der Waals surface area contributed by atoms with Crippen molar-refractivity contribution in [2.75, 3.05) is 0 Å². The van der Waals surface area contributed by atoms with Gasteiger partial charge in [0.15, 0.2) is 0 Å². The molecule has 0 fully saturated rings. The van der Waals surface area contributed by atoms with Gasteiger partial charge in [-0.05, 0) is 31.5 Å². The summed E-state index contributed by atoms with van der Waals surface area (Å²) < 4.78 is 5.54. The number of rotatable bonds is 3. The smallest absolute Gasteiger partial charge is 0.119 e. The van der Waals surface area contributed by atoms with E-state index in [-0.39, 0.29) is 0 Å². The van der Waals surface area contributed by atoms with E-state index in [1.165, 1.54) is 0 Å². The Kier molecular flexibility index (Phi) is 2.96. The van der Waals surface area contributed by atoms with Gasteiger partial charge in [-0.25, -0.2) is 0 Å². The molecule has 0 N–H and O–H groups in total. The van der Waals surface area contributed by atoms with Gasteiger partial charge in [0.05, 0.1) is 6.10 Å². The van der Waals surface area contributed by atoms with Crippen LogP contribution in [0.2, 0.25) is 0 Å². The first-order valence-corrected chi connectivity index (χ1v) is 3.95. The molecule has 1 aromatic rings. The zero-order valence-electron chi connectivity index (χ0n) is 7.00. The Balaban J connectivity index is 2.51. The van der Waals surface area contributed by atoms with Crippen molar-refractivity contribution in [1.82, 2.24) is 0 Å². The Morgan fingerprint density at radius 2 is 2.09 bits per heavy atom. The Labute approximate surface area is 68.0 Å². The minimum absolute atomic E-state index is 0.303. The lowest BCUT2D eigenvalue weighted by molar-refractivity contribution is 0.217. The van der Waals surface area contributed by atoms with E-state index in [4.69, 9.17) is 4.74 Å². The van der Waals surface area contributed by atoms with Crippen molar-refractivity contribution in [3.63, 3.8) is 0 Å². The SMILES string of the molecule is CC[C@H](C)Oc1cc[c]cc1. The largest absolute Gasteiger partial charge is 0.491 e. The van der Waals surface area contributed by atoms with Crippen LogP contribution in [0.4, 0.5) is 0 Å². The number of hydrogen-bond donors (Lipinski definition) is 0. The first-order chi connectivity index (χ1) is 5.33. The summed E-state index contributed by atoms with van der Waals surface area (Å²) >= 11 is 0. The van der Waals surface area contributed by atoms with Crippen LogP contribution in [0, 0.1) is 6.07 Å². The second kappa shape index (κ2) is 4.02. The van der Waals surface area contributed by atoms with Crippen LogP contribution >= 0.6 is 0 Å². The maximum absolute atomic E-state index is 5.54. The minimum atomic E-state index is 0.303. The molecular formula is C10H13O. The lowest BCUT2D eigenvalue weighted by Gasteiger charge is -2.11. The summed E-state index contributed by atoms with van der Waals surface area (Å²) in [5, 5.41) is 0. The summed E-state index contributed by atoms with van der Waals surface area (Å²) in [7, 11) is 0. The molecule has 0 heterocycles. The molecule has 1 nitrogen and oxygen atoms in total. The Hall–Kier alpha value is -0.980. The zero-order valence-corrected chi connectivity index (χ0v) is 7.00. The normalized spacial score (nSPS) is 12.5. The molecule has 0 aliphatic rings. The quantitative estimate of drug-likeness (QED) is 0.642. The molecule has 0 amide bonds. The van der Waals surface area contributed by atoms with E-state index in [9.17, 15) is 0 Å². The fourth-order valence-corrected chi connectivity index (χ4v) is 0.766. The lowest BCUT2D eigenvalue weighted by Crippen LogP contribution is -2.09. The van der Waals surface area contributed by atoms with Crippen LogP contribution in [0.25, 0.3) is 0 Å². The van der Waals surface area contributed by atoms with Gasteiger partial charge in [0, 0.05) is 0 Å². The van der Waals surface area contributed by atoms with Crippen LogP contribution in [0.15, 0.2) is 24.3 Å². The van der Waals surface area contributed by atoms with Gasteiger partial charge in [0.2, 0.25) is 0 Å². The average molecular weight is 149 g/mol. The van der Waals surface area contributed by atoms with Gasteiger partial charge < -0.3 is 4.74 Å². The lowest BCUT2D eigenvalue weighted by atomic mass is 10.3. The summed E-state index contributed by atoms with van der Waals surface area (Å²) in [6, 6.07) is 10.5. The van der Waals surface area contributed by atoms with Crippen molar-refractivity contribution in [3.8, 4) is 5.75 Å². The van der Waals surface area contributed by atoms with Gasteiger partial charge in [-0.1, -0.05) is 19.1 Å². The molecule has 59 valence electrons. The van der Waals surface area contributed by atoms with Crippen molar-refractivity contribution in [2.45, 2.75) is 26.4 Å². The van der Waals surface area contributed by atoms with Crippen LogP contribution < -0.4 is 4.74 Å². The third-order valence-electron chi connectivity index (χ3n) is 1.60. The minimum Gasteiger partial charge on any atom is -0.491 e. The maximum atomic E-state index is 5.54. The highest BCUT2D eigenvalue weighted by Crippen LogP contribution is 2.11. The van der Waals surface area contributed by atoms with Crippen LogP contribution in [0.5, 0.6) is 5.75 Å². The van der Waals surface area contributed by atoms with Crippen molar-refractivity contribution in [3.05, 3.63) is 30.3 Å². The molecule has 0 saturated heterocycles. The molecule has 1 aromatic carbocycles. The molecule has 0 unspecified atom stereocenters. The molecule has 0 bridgehead atoms. The van der Waals surface area contributed by atoms with E-state index in [0.717, 1.165) is 12.2 Å². The van der Waals surface area contributed by atoms with Crippen molar-refractivity contribution in [2.24, 2.45) is 0 Å². The van der Waals surface area contributed by atoms with Gasteiger partial charge in [-0.3, -0.25) is 0 Å². The number of benzene rings is 1. The Bertz CT molecular complexity index is 193. The summed E-state index contributed by atoms with van der Waals surface area (Å²) in [5.41, 5.74) is 0. The summed E-state index contributed by atoms with van der Waals surface area (Å²) in [6.07, 6.45) is 1.34. The van der Waals surface area contributed by atoms with E-state index in [2.05, 4.69) is 19.9 Å². The molecule has 1 heteroatoms. The van der Waals surface area contributed by atoms with Crippen LogP contribution in [0.3, 0.4) is 0 Å². The molecule has 1 rings (SSSR count). The van der Waals surface area contributed by atoms with Crippen molar-refractivity contribution >= 4 is 0 Å². The van der Waals surface area contributed by atoms with E-state index in [0.29, 0.717) is 6.10 Å². The molecule has 0 aliphatic heterocycles. The number of ether oxygens (including phenoxy) is 1. The Morgan fingerprint density at radius 3 is 2.64 bits per heavy atom. The molecule has 0 spiro atoms. The molecule has 11 heavy (non-hydrogen) atoms. The van der Waals surface area contributed by atoms with Crippen molar-refractivity contribution < 1.29 is 4.74 Å². The predicted molar refractivity (Wildman–Crippen MR) is 45.7 cm³/mol. The van der Waals surface area contributed by atoms with Gasteiger partial charge in [0.1, 0.15) is 5.75 Å². The van der Waals surface area contributed by atoms with Crippen molar-refractivity contribution in [1.29, 1.82) is 0 Å². The molecule has 0 aromatic heterocycles. The van der Waals surface area contributed by atoms with Gasteiger partial charge in [-0.15, -0.1) is 0 Å². The van der Waals surface area contributed by atoms with E-state index in [1.807, 2.05) is 24.3 Å². The monoisotopic (exact) mass is 149 g/mol. The van der Waals surface area contributed by atoms with E-state index in [1.54, 1.807) is 0 Å². The highest BCUT2D eigenvalue weighted by atomic mass is 16.5. The van der Waals surface area contributed by atoms with Gasteiger partial charge >= 0.3 is 0 Å². The van der Waals surface area contributed by atoms with Crippen LogP contribution in [-0.4, -0.2) is 6.10 Å². The molecule has 0 saturated carbocycles. The number of hydrogen-bond acceptors (Lipinski definition) is 1. The summed E-state index contributed by atoms with van der Waals surface area (Å²) in [5.74, 6) is 0.929. The van der Waals surface area contributed by atoms with Crippen LogP contribution in [-0.2, 0) is 0 Å². The highest BCUT2D eigenvalue weighted by molar-refractivity contribution is 5.20. The molecule has 1 atom stereocenters. The van der Waals surface area contributed by atoms with Gasteiger partial charge in [0.25, 0.3) is 0 Å². The molecule has 1 radical (unpaired) electrons.